The lowest BCUT2D eigenvalue weighted by Crippen LogP contribution is -2.46. The minimum absolute atomic E-state index is 0. The van der Waals surface area contributed by atoms with Gasteiger partial charge in [-0.2, -0.15) is 0 Å². The number of hydrogen-bond acceptors (Lipinski definition) is 3. The van der Waals surface area contributed by atoms with Crippen LogP contribution in [0.25, 0.3) is 0 Å². The van der Waals surface area contributed by atoms with Gasteiger partial charge in [-0.25, -0.2) is 4.79 Å². The predicted octanol–water partition coefficient (Wildman–Crippen LogP) is 0.502. The molecule has 0 aliphatic carbocycles. The van der Waals surface area contributed by atoms with Gasteiger partial charge >= 0.3 is 6.09 Å². The van der Waals surface area contributed by atoms with Gasteiger partial charge in [-0.15, -0.1) is 24.8 Å². The number of rotatable bonds is 0. The highest BCUT2D eigenvalue weighted by atomic mass is 35.5. The normalized spacial score (nSPS) is 15.6. The molecule has 1 aliphatic rings. The van der Waals surface area contributed by atoms with Crippen molar-refractivity contribution in [3.63, 3.8) is 0 Å². The van der Waals surface area contributed by atoms with Crippen molar-refractivity contribution < 1.29 is 9.53 Å². The molecule has 0 aromatic rings. The Morgan fingerprint density at radius 1 is 1.33 bits per heavy atom. The van der Waals surface area contributed by atoms with Crippen LogP contribution in [0.5, 0.6) is 0 Å². The maximum atomic E-state index is 10.8. The number of carbonyl (C=O) groups excluding carboxylic acids is 1. The van der Waals surface area contributed by atoms with Gasteiger partial charge in [0, 0.05) is 26.2 Å². The van der Waals surface area contributed by atoms with Crippen molar-refractivity contribution in [1.29, 1.82) is 0 Å². The van der Waals surface area contributed by atoms with Crippen molar-refractivity contribution in [2.75, 3.05) is 33.3 Å². The SMILES string of the molecule is COC(=O)N1CCNCC1.Cl.Cl. The van der Waals surface area contributed by atoms with Gasteiger partial charge in [0.05, 0.1) is 7.11 Å². The Labute approximate surface area is 84.4 Å². The molecular formula is C6H14Cl2N2O2. The van der Waals surface area contributed by atoms with E-state index in [1.807, 2.05) is 0 Å². The summed E-state index contributed by atoms with van der Waals surface area (Å²) < 4.78 is 4.55. The maximum absolute atomic E-state index is 10.8. The second-order valence-electron chi connectivity index (χ2n) is 2.21. The Hall–Kier alpha value is -0.190. The summed E-state index contributed by atoms with van der Waals surface area (Å²) in [7, 11) is 1.41. The largest absolute Gasteiger partial charge is 0.453 e. The number of nitrogens with one attached hydrogen (secondary N) is 1. The second-order valence-corrected chi connectivity index (χ2v) is 2.21. The lowest BCUT2D eigenvalue weighted by atomic mass is 10.4. The second kappa shape index (κ2) is 7.46. The number of nitrogens with zero attached hydrogens (tertiary/aromatic N) is 1. The number of piperazine rings is 1. The molecule has 0 saturated carbocycles. The molecule has 4 nitrogen and oxygen atoms in total. The highest BCUT2D eigenvalue weighted by Gasteiger charge is 2.15. The van der Waals surface area contributed by atoms with E-state index in [4.69, 9.17) is 0 Å². The van der Waals surface area contributed by atoms with E-state index >= 15 is 0 Å². The van der Waals surface area contributed by atoms with E-state index in [0.29, 0.717) is 0 Å². The summed E-state index contributed by atoms with van der Waals surface area (Å²) in [5.41, 5.74) is 0. The van der Waals surface area contributed by atoms with E-state index < -0.39 is 0 Å². The van der Waals surface area contributed by atoms with E-state index in [1.165, 1.54) is 7.11 Å². The molecule has 12 heavy (non-hydrogen) atoms. The molecule has 0 aromatic heterocycles. The first-order chi connectivity index (χ1) is 4.84. The fraction of sp³-hybridized carbons (Fsp3) is 0.833. The van der Waals surface area contributed by atoms with Crippen LogP contribution in [-0.2, 0) is 4.74 Å². The van der Waals surface area contributed by atoms with Crippen LogP contribution in [0.15, 0.2) is 0 Å². The summed E-state index contributed by atoms with van der Waals surface area (Å²) in [5.74, 6) is 0. The minimum atomic E-state index is -0.221. The van der Waals surface area contributed by atoms with Crippen molar-refractivity contribution in [2.24, 2.45) is 0 Å². The monoisotopic (exact) mass is 216 g/mol. The number of ether oxygens (including phenoxy) is 1. The number of amides is 1. The fourth-order valence-corrected chi connectivity index (χ4v) is 0.977. The van der Waals surface area contributed by atoms with Crippen LogP contribution >= 0.6 is 24.8 Å². The molecule has 0 radical (unpaired) electrons. The molecule has 0 unspecified atom stereocenters. The van der Waals surface area contributed by atoms with Gasteiger partial charge in [-0.3, -0.25) is 0 Å². The highest BCUT2D eigenvalue weighted by Crippen LogP contribution is 1.94. The third-order valence-corrected chi connectivity index (χ3v) is 1.55. The van der Waals surface area contributed by atoms with E-state index in [9.17, 15) is 4.79 Å². The molecular weight excluding hydrogens is 203 g/mol. The first kappa shape index (κ1) is 14.3. The average Bonchev–Trinajstić information content (AvgIpc) is 2.05. The average molecular weight is 217 g/mol. The summed E-state index contributed by atoms with van der Waals surface area (Å²) in [4.78, 5) is 12.5. The highest BCUT2D eigenvalue weighted by molar-refractivity contribution is 5.85. The third-order valence-electron chi connectivity index (χ3n) is 1.55. The Morgan fingerprint density at radius 2 is 1.83 bits per heavy atom. The molecule has 1 aliphatic heterocycles. The maximum Gasteiger partial charge on any atom is 0.409 e. The van der Waals surface area contributed by atoms with E-state index in [0.717, 1.165) is 26.2 Å². The molecule has 6 heteroatoms. The summed E-state index contributed by atoms with van der Waals surface area (Å²) >= 11 is 0. The molecule has 1 fully saturated rings. The molecule has 74 valence electrons. The lowest BCUT2D eigenvalue weighted by Gasteiger charge is -2.25. The molecule has 0 bridgehead atoms. The smallest absolute Gasteiger partial charge is 0.409 e. The topological polar surface area (TPSA) is 41.6 Å². The van der Waals surface area contributed by atoms with Crippen molar-refractivity contribution in [1.82, 2.24) is 10.2 Å². The van der Waals surface area contributed by atoms with Gasteiger partial charge in [-0.05, 0) is 0 Å². The summed E-state index contributed by atoms with van der Waals surface area (Å²) in [6.45, 7) is 3.25. The number of hydrogen-bond donors (Lipinski definition) is 1. The van der Waals surface area contributed by atoms with Crippen molar-refractivity contribution in [3.8, 4) is 0 Å². The Balaban J connectivity index is 0. The lowest BCUT2D eigenvalue weighted by molar-refractivity contribution is 0.118. The van der Waals surface area contributed by atoms with Crippen molar-refractivity contribution in [3.05, 3.63) is 0 Å². The summed E-state index contributed by atoms with van der Waals surface area (Å²) in [5, 5.41) is 3.14. The Bertz CT molecular complexity index is 129. The molecule has 1 N–H and O–H groups in total. The third kappa shape index (κ3) is 3.99. The van der Waals surface area contributed by atoms with Crippen LogP contribution in [0.4, 0.5) is 4.79 Å². The van der Waals surface area contributed by atoms with Gasteiger partial charge in [0.2, 0.25) is 0 Å². The molecule has 1 amide bonds. The zero-order valence-corrected chi connectivity index (χ0v) is 8.54. The van der Waals surface area contributed by atoms with Gasteiger partial charge in [0.15, 0.2) is 0 Å². The van der Waals surface area contributed by atoms with E-state index in [1.54, 1.807) is 4.90 Å². The Kier molecular flexibility index (Phi) is 8.91. The van der Waals surface area contributed by atoms with Crippen LogP contribution in [0.1, 0.15) is 0 Å². The van der Waals surface area contributed by atoms with Crippen LogP contribution in [0, 0.1) is 0 Å². The summed E-state index contributed by atoms with van der Waals surface area (Å²) in [6.07, 6.45) is -0.221. The molecule has 1 saturated heterocycles. The molecule has 0 spiro atoms. The number of carbonyl (C=O) groups is 1. The Morgan fingerprint density at radius 3 is 2.25 bits per heavy atom. The fourth-order valence-electron chi connectivity index (χ4n) is 0.977. The molecule has 1 heterocycles. The van der Waals surface area contributed by atoms with E-state index in [-0.39, 0.29) is 30.9 Å². The zero-order chi connectivity index (χ0) is 7.40. The zero-order valence-electron chi connectivity index (χ0n) is 6.91. The first-order valence-corrected chi connectivity index (χ1v) is 3.38. The van der Waals surface area contributed by atoms with Gasteiger partial charge in [-0.1, -0.05) is 0 Å². The molecule has 0 atom stereocenters. The van der Waals surface area contributed by atoms with Gasteiger partial charge < -0.3 is 15.0 Å². The van der Waals surface area contributed by atoms with Crippen molar-refractivity contribution in [2.45, 2.75) is 0 Å². The van der Waals surface area contributed by atoms with Crippen LogP contribution < -0.4 is 5.32 Å². The van der Waals surface area contributed by atoms with Crippen LogP contribution in [0.2, 0.25) is 0 Å². The van der Waals surface area contributed by atoms with Crippen LogP contribution in [-0.4, -0.2) is 44.3 Å². The standard InChI is InChI=1S/C6H12N2O2.2ClH/c1-10-6(9)8-4-2-7-3-5-8;;/h7H,2-5H2,1H3;2*1H. The number of methoxy groups -OCH3 is 1. The van der Waals surface area contributed by atoms with Crippen molar-refractivity contribution >= 4 is 30.9 Å². The van der Waals surface area contributed by atoms with Crippen LogP contribution in [0.3, 0.4) is 0 Å². The van der Waals surface area contributed by atoms with Gasteiger partial charge in [0.25, 0.3) is 0 Å². The summed E-state index contributed by atoms with van der Waals surface area (Å²) in [6, 6.07) is 0. The van der Waals surface area contributed by atoms with E-state index in [2.05, 4.69) is 10.1 Å². The molecule has 1 rings (SSSR count). The predicted molar refractivity (Wildman–Crippen MR) is 51.3 cm³/mol. The number of halogens is 2. The minimum Gasteiger partial charge on any atom is -0.453 e. The molecule has 0 aromatic carbocycles. The van der Waals surface area contributed by atoms with Gasteiger partial charge in [0.1, 0.15) is 0 Å². The quantitative estimate of drug-likeness (QED) is 0.642. The first-order valence-electron chi connectivity index (χ1n) is 3.38.